The molecule has 2 fully saturated rings. The molecule has 2 aliphatic rings. The second-order valence-electron chi connectivity index (χ2n) is 7.84. The fourth-order valence-corrected chi connectivity index (χ4v) is 4.35. The van der Waals surface area contributed by atoms with Gasteiger partial charge in [-0.05, 0) is 69.7 Å². The quantitative estimate of drug-likeness (QED) is 0.359. The Kier molecular flexibility index (Phi) is 8.22. The zero-order chi connectivity index (χ0) is 18.2. The minimum atomic E-state index is -0.486. The average molecular weight is 346 g/mol. The van der Waals surface area contributed by atoms with Crippen LogP contribution < -0.4 is 5.73 Å². The van der Waals surface area contributed by atoms with Crippen LogP contribution in [0.5, 0.6) is 0 Å². The summed E-state index contributed by atoms with van der Waals surface area (Å²) in [6.07, 6.45) is 12.9. The van der Waals surface area contributed by atoms with E-state index in [1.807, 2.05) is 19.9 Å². The molecule has 0 amide bonds. The zero-order valence-electron chi connectivity index (χ0n) is 15.8. The molecule has 2 aliphatic carbocycles. The van der Waals surface area contributed by atoms with Crippen LogP contribution in [0.4, 0.5) is 0 Å². The van der Waals surface area contributed by atoms with Gasteiger partial charge in [-0.2, -0.15) is 0 Å². The standard InChI is InChI=1S/C22H35NO2/c1-3-4-8-16(2)21(24)11-10-19-20-14-17(9-6-5-7-12-23)13-18(20)15-22(19)25/h9-11,16,18-22,24-25H,5-8,12-15,23H2,1-2H3/b11-10+,17-9?/t16-,18+,19-,20+,21+,22-/m1/s1. The molecular weight excluding hydrogens is 310 g/mol. The van der Waals surface area contributed by atoms with E-state index in [0.717, 1.165) is 38.6 Å². The number of nitrogens with two attached hydrogens (primary N) is 1. The minimum Gasteiger partial charge on any atom is -0.392 e. The second-order valence-corrected chi connectivity index (χ2v) is 7.84. The van der Waals surface area contributed by atoms with Crippen molar-refractivity contribution in [3.05, 3.63) is 23.8 Å². The Morgan fingerprint density at radius 2 is 2.12 bits per heavy atom. The highest BCUT2D eigenvalue weighted by atomic mass is 16.3. The Labute approximate surface area is 153 Å². The van der Waals surface area contributed by atoms with Crippen LogP contribution in [0.25, 0.3) is 0 Å². The molecule has 0 aromatic rings. The summed E-state index contributed by atoms with van der Waals surface area (Å²) in [7, 11) is 0. The number of unbranched alkanes of at least 4 members (excludes halogenated alkanes) is 2. The van der Waals surface area contributed by atoms with Crippen LogP contribution in [0.1, 0.15) is 58.8 Å². The number of aliphatic hydroxyl groups is 2. The molecule has 0 aromatic carbocycles. The van der Waals surface area contributed by atoms with E-state index in [-0.39, 0.29) is 17.9 Å². The third-order valence-electron chi connectivity index (χ3n) is 5.92. The maximum absolute atomic E-state index is 10.4. The monoisotopic (exact) mass is 345 g/mol. The normalized spacial score (nSPS) is 32.6. The summed E-state index contributed by atoms with van der Waals surface area (Å²) in [5.41, 5.74) is 7.11. The minimum absolute atomic E-state index is 0.125. The van der Waals surface area contributed by atoms with Crippen LogP contribution >= 0.6 is 0 Å². The first-order valence-corrected chi connectivity index (χ1v) is 9.88. The van der Waals surface area contributed by atoms with Gasteiger partial charge in [0, 0.05) is 12.3 Å². The van der Waals surface area contributed by atoms with Gasteiger partial charge in [-0.15, -0.1) is 11.8 Å². The van der Waals surface area contributed by atoms with Crippen molar-refractivity contribution in [1.82, 2.24) is 0 Å². The van der Waals surface area contributed by atoms with Crippen LogP contribution in [-0.4, -0.2) is 29.0 Å². The van der Waals surface area contributed by atoms with E-state index in [4.69, 9.17) is 5.73 Å². The summed E-state index contributed by atoms with van der Waals surface area (Å²) in [5.74, 6) is 7.35. The molecule has 0 heterocycles. The number of fused-ring (bicyclic) bond motifs is 1. The van der Waals surface area contributed by atoms with Gasteiger partial charge in [0.05, 0.1) is 12.2 Å². The SMILES string of the molecule is CC#CC[C@@H](C)[C@@H](O)/C=C/[C@@H]1[C@H]2CC(=CCCCCN)C[C@H]2C[C@H]1O. The summed E-state index contributed by atoms with van der Waals surface area (Å²) < 4.78 is 0. The molecule has 140 valence electrons. The molecule has 0 spiro atoms. The number of aliphatic hydroxyl groups excluding tert-OH is 2. The van der Waals surface area contributed by atoms with E-state index in [9.17, 15) is 10.2 Å². The van der Waals surface area contributed by atoms with Gasteiger partial charge >= 0.3 is 0 Å². The molecule has 3 heteroatoms. The summed E-state index contributed by atoms with van der Waals surface area (Å²) in [6.45, 7) is 4.62. The first-order valence-electron chi connectivity index (χ1n) is 9.88. The molecule has 0 saturated heterocycles. The molecule has 4 N–H and O–H groups in total. The second kappa shape index (κ2) is 10.2. The molecular formula is C22H35NO2. The summed E-state index contributed by atoms with van der Waals surface area (Å²) >= 11 is 0. The lowest BCUT2D eigenvalue weighted by molar-refractivity contribution is 0.137. The van der Waals surface area contributed by atoms with Crippen molar-refractivity contribution in [3.8, 4) is 11.8 Å². The fraction of sp³-hybridized carbons (Fsp3) is 0.727. The summed E-state index contributed by atoms with van der Waals surface area (Å²) in [6, 6.07) is 0. The third kappa shape index (κ3) is 5.71. The Balaban J connectivity index is 1.90. The molecule has 0 bridgehead atoms. The Morgan fingerprint density at radius 1 is 1.32 bits per heavy atom. The molecule has 0 unspecified atom stereocenters. The zero-order valence-corrected chi connectivity index (χ0v) is 15.8. The van der Waals surface area contributed by atoms with Crippen LogP contribution in [0, 0.1) is 35.5 Å². The highest BCUT2D eigenvalue weighted by Gasteiger charge is 2.44. The van der Waals surface area contributed by atoms with Crippen molar-refractivity contribution in [1.29, 1.82) is 0 Å². The van der Waals surface area contributed by atoms with Gasteiger partial charge in [0.1, 0.15) is 0 Å². The first-order chi connectivity index (χ1) is 12.1. The highest BCUT2D eigenvalue weighted by molar-refractivity contribution is 5.18. The number of allylic oxidation sites excluding steroid dienone is 2. The van der Waals surface area contributed by atoms with E-state index < -0.39 is 6.10 Å². The predicted octanol–water partition coefficient (Wildman–Crippen LogP) is 3.42. The van der Waals surface area contributed by atoms with Crippen molar-refractivity contribution >= 4 is 0 Å². The maximum atomic E-state index is 10.4. The molecule has 0 aromatic heterocycles. The van der Waals surface area contributed by atoms with E-state index >= 15 is 0 Å². The lowest BCUT2D eigenvalue weighted by Crippen LogP contribution is -2.19. The van der Waals surface area contributed by atoms with E-state index in [1.165, 1.54) is 6.42 Å². The van der Waals surface area contributed by atoms with Gasteiger partial charge in [0.2, 0.25) is 0 Å². The first kappa shape index (κ1) is 20.2. The van der Waals surface area contributed by atoms with Crippen LogP contribution in [0.3, 0.4) is 0 Å². The summed E-state index contributed by atoms with van der Waals surface area (Å²) in [5, 5.41) is 20.7. The lowest BCUT2D eigenvalue weighted by atomic mass is 9.89. The van der Waals surface area contributed by atoms with Crippen molar-refractivity contribution in [2.75, 3.05) is 6.54 Å². The van der Waals surface area contributed by atoms with Gasteiger partial charge in [-0.1, -0.05) is 30.7 Å². The Bertz CT molecular complexity index is 528. The molecule has 6 atom stereocenters. The van der Waals surface area contributed by atoms with Gasteiger partial charge in [-0.25, -0.2) is 0 Å². The smallest absolute Gasteiger partial charge is 0.0755 e. The topological polar surface area (TPSA) is 66.5 Å². The fourth-order valence-electron chi connectivity index (χ4n) is 4.35. The highest BCUT2D eigenvalue weighted by Crippen LogP contribution is 2.50. The largest absolute Gasteiger partial charge is 0.392 e. The third-order valence-corrected chi connectivity index (χ3v) is 5.92. The van der Waals surface area contributed by atoms with Crippen LogP contribution in [-0.2, 0) is 0 Å². The average Bonchev–Trinajstić information content (AvgIpc) is 3.11. The number of hydrogen-bond donors (Lipinski definition) is 3. The van der Waals surface area contributed by atoms with Gasteiger partial charge in [0.25, 0.3) is 0 Å². The molecule has 25 heavy (non-hydrogen) atoms. The van der Waals surface area contributed by atoms with Crippen LogP contribution in [0.15, 0.2) is 23.8 Å². The van der Waals surface area contributed by atoms with Crippen molar-refractivity contribution in [3.63, 3.8) is 0 Å². The van der Waals surface area contributed by atoms with E-state index in [2.05, 4.69) is 24.0 Å². The number of hydrogen-bond acceptors (Lipinski definition) is 3. The van der Waals surface area contributed by atoms with Crippen LogP contribution in [0.2, 0.25) is 0 Å². The summed E-state index contributed by atoms with van der Waals surface area (Å²) in [4.78, 5) is 0. The van der Waals surface area contributed by atoms with Crippen molar-refractivity contribution in [2.45, 2.75) is 71.0 Å². The molecule has 0 radical (unpaired) electrons. The molecule has 2 saturated carbocycles. The molecule has 2 rings (SSSR count). The Hall–Kier alpha value is -1.08. The Morgan fingerprint density at radius 3 is 2.84 bits per heavy atom. The van der Waals surface area contributed by atoms with Crippen molar-refractivity contribution in [2.24, 2.45) is 29.4 Å². The van der Waals surface area contributed by atoms with Crippen molar-refractivity contribution < 1.29 is 10.2 Å². The van der Waals surface area contributed by atoms with Gasteiger partial charge in [0.15, 0.2) is 0 Å². The molecule has 0 aliphatic heterocycles. The van der Waals surface area contributed by atoms with Gasteiger partial charge in [-0.3, -0.25) is 0 Å². The van der Waals surface area contributed by atoms with E-state index in [0.29, 0.717) is 18.3 Å². The van der Waals surface area contributed by atoms with Gasteiger partial charge < -0.3 is 15.9 Å². The molecule has 3 nitrogen and oxygen atoms in total. The number of rotatable bonds is 8. The lowest BCUT2D eigenvalue weighted by Gasteiger charge is -2.19. The maximum Gasteiger partial charge on any atom is 0.0755 e. The van der Waals surface area contributed by atoms with E-state index in [1.54, 1.807) is 5.57 Å². The predicted molar refractivity (Wildman–Crippen MR) is 104 cm³/mol.